The van der Waals surface area contributed by atoms with Crippen LogP contribution in [-0.4, -0.2) is 28.3 Å². The molecule has 5 heteroatoms. The van der Waals surface area contributed by atoms with Gasteiger partial charge in [-0.15, -0.1) is 0 Å². The van der Waals surface area contributed by atoms with Crippen molar-refractivity contribution in [3.05, 3.63) is 91.0 Å². The molecule has 0 spiro atoms. The van der Waals surface area contributed by atoms with Crippen LogP contribution in [0.4, 0.5) is 0 Å². The van der Waals surface area contributed by atoms with Crippen LogP contribution in [0.1, 0.15) is 27.7 Å². The van der Waals surface area contributed by atoms with E-state index in [0.29, 0.717) is 5.82 Å². The lowest BCUT2D eigenvalue weighted by atomic mass is 9.79. The molecule has 1 aromatic heterocycles. The largest absolute Gasteiger partial charge is 0.494 e. The van der Waals surface area contributed by atoms with Gasteiger partial charge in [-0.25, -0.2) is 9.97 Å². The van der Waals surface area contributed by atoms with Crippen LogP contribution in [0.3, 0.4) is 0 Å². The molecule has 4 nitrogen and oxygen atoms in total. The van der Waals surface area contributed by atoms with Crippen molar-refractivity contribution in [2.45, 2.75) is 38.9 Å². The van der Waals surface area contributed by atoms with E-state index in [4.69, 9.17) is 19.3 Å². The van der Waals surface area contributed by atoms with Crippen molar-refractivity contribution in [2.24, 2.45) is 0 Å². The van der Waals surface area contributed by atoms with Gasteiger partial charge in [-0.05, 0) is 49.5 Å². The van der Waals surface area contributed by atoms with Crippen LogP contribution in [0.25, 0.3) is 55.8 Å². The molecule has 0 saturated carbocycles. The van der Waals surface area contributed by atoms with Gasteiger partial charge < -0.3 is 9.31 Å². The van der Waals surface area contributed by atoms with Gasteiger partial charge >= 0.3 is 7.12 Å². The third-order valence-corrected chi connectivity index (χ3v) is 8.08. The lowest BCUT2D eigenvalue weighted by Crippen LogP contribution is -2.41. The van der Waals surface area contributed by atoms with Crippen molar-refractivity contribution < 1.29 is 9.31 Å². The Hall–Kier alpha value is -3.80. The van der Waals surface area contributed by atoms with E-state index in [0.717, 1.165) is 39.1 Å². The predicted octanol–water partition coefficient (Wildman–Crippen LogP) is 6.91. The van der Waals surface area contributed by atoms with Crippen molar-refractivity contribution in [1.82, 2.24) is 9.97 Å². The molecule has 7 rings (SSSR count). The minimum absolute atomic E-state index is 0.375. The van der Waals surface area contributed by atoms with Gasteiger partial charge in [0.2, 0.25) is 0 Å². The molecule has 5 aromatic rings. The Balaban J connectivity index is 1.37. The number of hydrogen-bond acceptors (Lipinski definition) is 4. The zero-order valence-electron chi connectivity index (χ0n) is 21.4. The number of rotatable bonds is 3. The maximum Gasteiger partial charge on any atom is 0.494 e. The first-order chi connectivity index (χ1) is 17.8. The summed E-state index contributed by atoms with van der Waals surface area (Å²) in [5, 5.41) is 2.47. The van der Waals surface area contributed by atoms with Crippen molar-refractivity contribution in [1.29, 1.82) is 0 Å². The molecule has 0 amide bonds. The zero-order valence-corrected chi connectivity index (χ0v) is 21.4. The highest BCUT2D eigenvalue weighted by Crippen LogP contribution is 2.50. The first kappa shape index (κ1) is 22.4. The van der Waals surface area contributed by atoms with E-state index in [1.165, 1.54) is 16.3 Å². The highest BCUT2D eigenvalue weighted by Gasteiger charge is 2.51. The predicted molar refractivity (Wildman–Crippen MR) is 151 cm³/mol. The van der Waals surface area contributed by atoms with E-state index in [-0.39, 0.29) is 11.2 Å². The van der Waals surface area contributed by atoms with Gasteiger partial charge in [0.05, 0.1) is 22.6 Å². The average molecular weight is 482 g/mol. The van der Waals surface area contributed by atoms with Crippen molar-refractivity contribution >= 4 is 23.4 Å². The van der Waals surface area contributed by atoms with Crippen LogP contribution in [0.15, 0.2) is 91.0 Å². The van der Waals surface area contributed by atoms with Crippen molar-refractivity contribution in [3.63, 3.8) is 0 Å². The van der Waals surface area contributed by atoms with Crippen LogP contribution < -0.4 is 5.46 Å². The molecule has 0 unspecified atom stereocenters. The molecular weight excluding hydrogens is 455 g/mol. The van der Waals surface area contributed by atoms with E-state index in [2.05, 4.69) is 113 Å². The second-order valence-electron chi connectivity index (χ2n) is 10.9. The van der Waals surface area contributed by atoms with Crippen LogP contribution in [0.5, 0.6) is 0 Å². The molecule has 1 aliphatic carbocycles. The summed E-state index contributed by atoms with van der Waals surface area (Å²) < 4.78 is 12.5. The first-order valence-corrected chi connectivity index (χ1v) is 12.8. The number of hydrogen-bond donors (Lipinski definition) is 0. The standard InChI is InChI=1S/C32H27BN2O2/c1-31(2)32(3,4)37-33(36-31)23-18-16-22(17-19-23)30-34-28(21-10-6-5-7-11-21)27-24-14-8-12-20-13-9-15-25(26(20)24)29(27)35-30/h5-19H,1-4H3. The number of nitrogens with zero attached hydrogens (tertiary/aromatic N) is 2. The molecule has 2 aliphatic rings. The molecule has 0 radical (unpaired) electrons. The topological polar surface area (TPSA) is 44.2 Å². The second kappa shape index (κ2) is 7.85. The monoisotopic (exact) mass is 482 g/mol. The first-order valence-electron chi connectivity index (χ1n) is 12.8. The van der Waals surface area contributed by atoms with Crippen LogP contribution in [0, 0.1) is 0 Å². The smallest absolute Gasteiger partial charge is 0.399 e. The van der Waals surface area contributed by atoms with E-state index >= 15 is 0 Å². The molecule has 0 bridgehead atoms. The average Bonchev–Trinajstić information content (AvgIpc) is 3.35. The minimum atomic E-state index is -0.396. The van der Waals surface area contributed by atoms with Gasteiger partial charge in [-0.1, -0.05) is 91.0 Å². The van der Waals surface area contributed by atoms with Crippen molar-refractivity contribution in [3.8, 4) is 45.0 Å². The summed E-state index contributed by atoms with van der Waals surface area (Å²) in [6.07, 6.45) is 0. The molecule has 1 fully saturated rings. The van der Waals surface area contributed by atoms with Crippen molar-refractivity contribution in [2.75, 3.05) is 0 Å². The Bertz CT molecular complexity index is 1660. The number of fused-ring (bicyclic) bond motifs is 3. The van der Waals surface area contributed by atoms with Gasteiger partial charge in [0.25, 0.3) is 0 Å². The Kier molecular flexibility index (Phi) is 4.75. The number of benzene rings is 4. The summed E-state index contributed by atoms with van der Waals surface area (Å²) in [5.74, 6) is 0.711. The van der Waals surface area contributed by atoms with Gasteiger partial charge in [0, 0.05) is 22.3 Å². The highest BCUT2D eigenvalue weighted by atomic mass is 16.7. The maximum absolute atomic E-state index is 6.25. The molecule has 4 aromatic carbocycles. The fourth-order valence-corrected chi connectivity index (χ4v) is 5.36. The summed E-state index contributed by atoms with van der Waals surface area (Å²) in [6.45, 7) is 8.29. The Morgan fingerprint density at radius 2 is 1.22 bits per heavy atom. The van der Waals surface area contributed by atoms with Crippen LogP contribution >= 0.6 is 0 Å². The lowest BCUT2D eigenvalue weighted by Gasteiger charge is -2.32. The Morgan fingerprint density at radius 3 is 1.89 bits per heavy atom. The van der Waals surface area contributed by atoms with Crippen LogP contribution in [0.2, 0.25) is 0 Å². The second-order valence-corrected chi connectivity index (χ2v) is 10.9. The zero-order chi connectivity index (χ0) is 25.4. The molecule has 37 heavy (non-hydrogen) atoms. The lowest BCUT2D eigenvalue weighted by molar-refractivity contribution is 0.00578. The van der Waals surface area contributed by atoms with Crippen LogP contribution in [-0.2, 0) is 9.31 Å². The Labute approximate surface area is 217 Å². The quantitative estimate of drug-likeness (QED) is 0.257. The van der Waals surface area contributed by atoms with Gasteiger partial charge in [0.15, 0.2) is 5.82 Å². The maximum atomic E-state index is 6.25. The summed E-state index contributed by atoms with van der Waals surface area (Å²) in [4.78, 5) is 10.3. The molecule has 2 heterocycles. The fourth-order valence-electron chi connectivity index (χ4n) is 5.36. The highest BCUT2D eigenvalue weighted by molar-refractivity contribution is 6.62. The molecule has 1 saturated heterocycles. The third-order valence-electron chi connectivity index (χ3n) is 8.08. The summed E-state index contributed by atoms with van der Waals surface area (Å²) >= 11 is 0. The van der Waals surface area contributed by atoms with E-state index < -0.39 is 7.12 Å². The molecule has 180 valence electrons. The molecule has 1 aliphatic heterocycles. The SMILES string of the molecule is CC1(C)OB(c2ccc(-c3nc(-c4ccccc4)c4c(n3)-c3cccc5cccc-4c35)cc2)OC1(C)C. The molecule has 0 atom stereocenters. The third kappa shape index (κ3) is 3.38. The molecular formula is C32H27BN2O2. The summed E-state index contributed by atoms with van der Waals surface area (Å²) in [7, 11) is -0.396. The van der Waals surface area contributed by atoms with E-state index in [1.807, 2.05) is 6.07 Å². The van der Waals surface area contributed by atoms with E-state index in [9.17, 15) is 0 Å². The number of aromatic nitrogens is 2. The summed E-state index contributed by atoms with van der Waals surface area (Å²) in [6, 6.07) is 31.6. The molecule has 0 N–H and O–H groups in total. The minimum Gasteiger partial charge on any atom is -0.399 e. The Morgan fingerprint density at radius 1 is 0.595 bits per heavy atom. The van der Waals surface area contributed by atoms with E-state index in [1.54, 1.807) is 0 Å². The van der Waals surface area contributed by atoms with Gasteiger partial charge in [-0.3, -0.25) is 0 Å². The van der Waals surface area contributed by atoms with Gasteiger partial charge in [-0.2, -0.15) is 0 Å². The fraction of sp³-hybridized carbons (Fsp3) is 0.188. The van der Waals surface area contributed by atoms with Gasteiger partial charge in [0.1, 0.15) is 0 Å². The summed E-state index contributed by atoms with van der Waals surface area (Å²) in [5.41, 5.74) is 7.71. The normalized spacial score (nSPS) is 16.8.